The zero-order valence-electron chi connectivity index (χ0n) is 17.9. The van der Waals surface area contributed by atoms with E-state index in [9.17, 15) is 9.59 Å². The molecule has 31 heavy (non-hydrogen) atoms. The van der Waals surface area contributed by atoms with Gasteiger partial charge in [-0.2, -0.15) is 5.10 Å². The Balaban J connectivity index is 1.81. The first-order chi connectivity index (χ1) is 15.0. The van der Waals surface area contributed by atoms with Crippen LogP contribution in [-0.2, 0) is 17.9 Å². The third kappa shape index (κ3) is 5.94. The summed E-state index contributed by atoms with van der Waals surface area (Å²) in [6, 6.07) is 18.6. The van der Waals surface area contributed by atoms with Gasteiger partial charge in [0.1, 0.15) is 6.04 Å². The molecule has 3 aromatic rings. The van der Waals surface area contributed by atoms with Crippen LogP contribution in [0.5, 0.6) is 0 Å². The molecule has 0 fully saturated rings. The van der Waals surface area contributed by atoms with Gasteiger partial charge in [-0.3, -0.25) is 9.48 Å². The van der Waals surface area contributed by atoms with Gasteiger partial charge in [0.05, 0.1) is 12.2 Å². The van der Waals surface area contributed by atoms with Gasteiger partial charge < -0.3 is 16.4 Å². The zero-order chi connectivity index (χ0) is 22.2. The lowest BCUT2D eigenvalue weighted by Gasteiger charge is -2.22. The van der Waals surface area contributed by atoms with E-state index >= 15 is 0 Å². The minimum atomic E-state index is -0.707. The Kier molecular flexibility index (Phi) is 7.43. The number of nitrogens with zero attached hydrogens (tertiary/aromatic N) is 2. The Morgan fingerprint density at radius 3 is 2.32 bits per heavy atom. The smallest absolute Gasteiger partial charge is 0.312 e. The highest BCUT2D eigenvalue weighted by Crippen LogP contribution is 2.22. The Morgan fingerprint density at radius 2 is 1.71 bits per heavy atom. The topological polar surface area (TPSA) is 102 Å². The van der Waals surface area contributed by atoms with E-state index in [1.54, 1.807) is 0 Å². The largest absolute Gasteiger partial charge is 0.352 e. The fourth-order valence-corrected chi connectivity index (χ4v) is 3.43. The van der Waals surface area contributed by atoms with E-state index in [-0.39, 0.29) is 11.8 Å². The lowest BCUT2D eigenvalue weighted by atomic mass is 9.98. The van der Waals surface area contributed by atoms with Gasteiger partial charge in [-0.05, 0) is 11.5 Å². The molecular weight excluding hydrogens is 390 g/mol. The molecule has 0 saturated heterocycles. The summed E-state index contributed by atoms with van der Waals surface area (Å²) in [6.07, 6.45) is 2.69. The Bertz CT molecular complexity index is 1000. The van der Waals surface area contributed by atoms with Crippen LogP contribution in [0.4, 0.5) is 4.79 Å². The van der Waals surface area contributed by atoms with E-state index in [0.717, 1.165) is 28.8 Å². The summed E-state index contributed by atoms with van der Waals surface area (Å²) in [4.78, 5) is 24.1. The highest BCUT2D eigenvalue weighted by atomic mass is 16.2. The van der Waals surface area contributed by atoms with Gasteiger partial charge in [0, 0.05) is 23.9 Å². The van der Waals surface area contributed by atoms with Crippen LogP contribution in [0, 0.1) is 5.92 Å². The summed E-state index contributed by atoms with van der Waals surface area (Å²) in [6.45, 7) is 4.81. The highest BCUT2D eigenvalue weighted by molar-refractivity contribution is 5.86. The first-order valence-electron chi connectivity index (χ1n) is 10.5. The van der Waals surface area contributed by atoms with E-state index in [1.807, 2.05) is 73.3 Å². The van der Waals surface area contributed by atoms with Crippen molar-refractivity contribution in [1.82, 2.24) is 20.4 Å². The molecule has 3 rings (SSSR count). The third-order valence-corrected chi connectivity index (χ3v) is 5.32. The molecule has 0 unspecified atom stereocenters. The molecule has 7 heteroatoms. The van der Waals surface area contributed by atoms with Crippen LogP contribution in [0.15, 0.2) is 66.9 Å². The second-order valence-electron chi connectivity index (χ2n) is 7.64. The molecule has 0 radical (unpaired) electrons. The number of carbonyl (C=O) groups excluding carboxylic acids is 2. The van der Waals surface area contributed by atoms with Crippen LogP contribution in [-0.4, -0.2) is 27.8 Å². The standard InChI is InChI=1S/C24H29N5O2/c1-3-17(2)21(27-24(25)31)23(30)26-14-20-16-29(15-18-10-6-4-7-11-18)28-22(20)19-12-8-5-9-13-19/h4-13,16-17,21H,3,14-15H2,1-2H3,(H,26,30)(H3,25,27,31)/t17-,21-/m0/s1. The van der Waals surface area contributed by atoms with E-state index < -0.39 is 12.1 Å². The lowest BCUT2D eigenvalue weighted by Crippen LogP contribution is -2.51. The van der Waals surface area contributed by atoms with Crippen LogP contribution < -0.4 is 16.4 Å². The number of carbonyl (C=O) groups is 2. The first-order valence-corrected chi connectivity index (χ1v) is 10.5. The normalized spacial score (nSPS) is 12.7. The molecule has 0 saturated carbocycles. The molecule has 2 aromatic carbocycles. The van der Waals surface area contributed by atoms with Crippen molar-refractivity contribution in [3.63, 3.8) is 0 Å². The third-order valence-electron chi connectivity index (χ3n) is 5.32. The molecule has 0 aliphatic rings. The molecule has 0 bridgehead atoms. The average Bonchev–Trinajstić information content (AvgIpc) is 3.19. The molecule has 7 nitrogen and oxygen atoms in total. The van der Waals surface area contributed by atoms with E-state index in [2.05, 4.69) is 22.8 Å². The SMILES string of the molecule is CC[C@H](C)[C@H](NC(N)=O)C(=O)NCc1cn(Cc2ccccc2)nc1-c1ccccc1. The minimum Gasteiger partial charge on any atom is -0.352 e. The Morgan fingerprint density at radius 1 is 1.06 bits per heavy atom. The predicted octanol–water partition coefficient (Wildman–Crippen LogP) is 3.30. The van der Waals surface area contributed by atoms with Crippen molar-refractivity contribution < 1.29 is 9.59 Å². The number of nitrogens with two attached hydrogens (primary N) is 1. The predicted molar refractivity (Wildman–Crippen MR) is 121 cm³/mol. The second kappa shape index (κ2) is 10.4. The van der Waals surface area contributed by atoms with Crippen molar-refractivity contribution >= 4 is 11.9 Å². The van der Waals surface area contributed by atoms with Crippen molar-refractivity contribution in [2.24, 2.45) is 11.7 Å². The maximum Gasteiger partial charge on any atom is 0.312 e. The lowest BCUT2D eigenvalue weighted by molar-refractivity contribution is -0.124. The van der Waals surface area contributed by atoms with E-state index in [0.29, 0.717) is 13.1 Å². The summed E-state index contributed by atoms with van der Waals surface area (Å²) < 4.78 is 1.88. The summed E-state index contributed by atoms with van der Waals surface area (Å²) in [5, 5.41) is 10.3. The monoisotopic (exact) mass is 419 g/mol. The summed E-state index contributed by atoms with van der Waals surface area (Å²) in [5.74, 6) is -0.301. The number of nitrogens with one attached hydrogen (secondary N) is 2. The average molecular weight is 420 g/mol. The van der Waals surface area contributed by atoms with Gasteiger partial charge in [-0.1, -0.05) is 80.9 Å². The van der Waals surface area contributed by atoms with Gasteiger partial charge in [-0.15, -0.1) is 0 Å². The summed E-state index contributed by atoms with van der Waals surface area (Å²) in [7, 11) is 0. The molecule has 1 heterocycles. The van der Waals surface area contributed by atoms with Crippen LogP contribution in [0.2, 0.25) is 0 Å². The molecule has 162 valence electrons. The fourth-order valence-electron chi connectivity index (χ4n) is 3.43. The van der Waals surface area contributed by atoms with Crippen molar-refractivity contribution in [2.45, 2.75) is 39.4 Å². The van der Waals surface area contributed by atoms with E-state index in [4.69, 9.17) is 10.8 Å². The highest BCUT2D eigenvalue weighted by Gasteiger charge is 2.25. The number of benzene rings is 2. The molecule has 0 aliphatic carbocycles. The molecule has 3 amide bonds. The summed E-state index contributed by atoms with van der Waals surface area (Å²) >= 11 is 0. The van der Waals surface area contributed by atoms with E-state index in [1.165, 1.54) is 0 Å². The van der Waals surface area contributed by atoms with Crippen LogP contribution >= 0.6 is 0 Å². The maximum atomic E-state index is 12.8. The van der Waals surface area contributed by atoms with Crippen molar-refractivity contribution in [1.29, 1.82) is 0 Å². The van der Waals surface area contributed by atoms with Crippen molar-refractivity contribution in [3.05, 3.63) is 78.0 Å². The Labute approximate surface area is 182 Å². The number of primary amides is 1. The second-order valence-corrected chi connectivity index (χ2v) is 7.64. The number of amides is 3. The number of rotatable bonds is 9. The maximum absolute atomic E-state index is 12.8. The fraction of sp³-hybridized carbons (Fsp3) is 0.292. The quantitative estimate of drug-likeness (QED) is 0.496. The van der Waals surface area contributed by atoms with Crippen molar-refractivity contribution in [2.75, 3.05) is 0 Å². The molecule has 0 spiro atoms. The molecule has 0 aliphatic heterocycles. The van der Waals surface area contributed by atoms with Crippen LogP contribution in [0.1, 0.15) is 31.4 Å². The Hall–Kier alpha value is -3.61. The number of aromatic nitrogens is 2. The van der Waals surface area contributed by atoms with Gasteiger partial charge in [0.15, 0.2) is 0 Å². The van der Waals surface area contributed by atoms with Gasteiger partial charge in [0.2, 0.25) is 5.91 Å². The molecular formula is C24H29N5O2. The van der Waals surface area contributed by atoms with Crippen LogP contribution in [0.25, 0.3) is 11.3 Å². The van der Waals surface area contributed by atoms with Gasteiger partial charge in [0.25, 0.3) is 0 Å². The van der Waals surface area contributed by atoms with Gasteiger partial charge >= 0.3 is 6.03 Å². The van der Waals surface area contributed by atoms with Crippen LogP contribution in [0.3, 0.4) is 0 Å². The van der Waals surface area contributed by atoms with Gasteiger partial charge in [-0.25, -0.2) is 4.79 Å². The number of urea groups is 1. The molecule has 1 aromatic heterocycles. The molecule has 2 atom stereocenters. The molecule has 4 N–H and O–H groups in total. The number of hydrogen-bond acceptors (Lipinski definition) is 3. The zero-order valence-corrected chi connectivity index (χ0v) is 17.9. The minimum absolute atomic E-state index is 0.0399. The van der Waals surface area contributed by atoms with Crippen molar-refractivity contribution in [3.8, 4) is 11.3 Å². The summed E-state index contributed by atoms with van der Waals surface area (Å²) in [5.41, 5.74) is 9.10. The number of hydrogen-bond donors (Lipinski definition) is 3. The first kappa shape index (κ1) is 22.1.